The van der Waals surface area contributed by atoms with Gasteiger partial charge in [-0.1, -0.05) is 50.2 Å². The van der Waals surface area contributed by atoms with Gasteiger partial charge in [-0.3, -0.25) is 4.79 Å². The van der Waals surface area contributed by atoms with Crippen molar-refractivity contribution >= 4 is 17.6 Å². The Balaban J connectivity index is 1.91. The highest BCUT2D eigenvalue weighted by molar-refractivity contribution is 6.03. The Morgan fingerprint density at radius 2 is 1.72 bits per heavy atom. The van der Waals surface area contributed by atoms with Crippen molar-refractivity contribution < 1.29 is 14.3 Å². The molecule has 2 aromatic carbocycles. The van der Waals surface area contributed by atoms with Crippen molar-refractivity contribution in [2.45, 2.75) is 45.6 Å². The highest BCUT2D eigenvalue weighted by Gasteiger charge is 2.42. The standard InChI is InChI=1S/C21H23NO3/c1-4-14-10-8-11-15(5-2)18(14)22-20(24)21(3)13-16-9-6-7-12-17(16)19(23)25-21/h6-12H,4-5,13H2,1-3H3,(H,22,24)/t21-/m1/s1. The molecular formula is C21H23NO3. The number of hydrogen-bond acceptors (Lipinski definition) is 3. The van der Waals surface area contributed by atoms with E-state index >= 15 is 0 Å². The molecular weight excluding hydrogens is 314 g/mol. The molecule has 0 fully saturated rings. The van der Waals surface area contributed by atoms with Gasteiger partial charge in [0.15, 0.2) is 5.60 Å². The second-order valence-corrected chi connectivity index (χ2v) is 6.57. The Hall–Kier alpha value is -2.62. The fourth-order valence-electron chi connectivity index (χ4n) is 3.31. The van der Waals surface area contributed by atoms with Gasteiger partial charge in [0.25, 0.3) is 5.91 Å². The number of para-hydroxylation sites is 1. The lowest BCUT2D eigenvalue weighted by molar-refractivity contribution is -0.134. The van der Waals surface area contributed by atoms with Crippen molar-refractivity contribution in [2.75, 3.05) is 5.32 Å². The summed E-state index contributed by atoms with van der Waals surface area (Å²) in [6, 6.07) is 13.3. The number of hydrogen-bond donors (Lipinski definition) is 1. The number of amides is 1. The first-order valence-electron chi connectivity index (χ1n) is 8.72. The van der Waals surface area contributed by atoms with E-state index in [0.29, 0.717) is 12.0 Å². The van der Waals surface area contributed by atoms with E-state index in [1.165, 1.54) is 0 Å². The van der Waals surface area contributed by atoms with E-state index in [1.807, 2.05) is 30.3 Å². The molecule has 0 saturated carbocycles. The van der Waals surface area contributed by atoms with Crippen LogP contribution in [0, 0.1) is 0 Å². The van der Waals surface area contributed by atoms with Crippen LogP contribution in [0.2, 0.25) is 0 Å². The quantitative estimate of drug-likeness (QED) is 0.860. The highest BCUT2D eigenvalue weighted by Crippen LogP contribution is 2.31. The number of rotatable bonds is 4. The number of cyclic esters (lactones) is 1. The molecule has 1 amide bonds. The average molecular weight is 337 g/mol. The van der Waals surface area contributed by atoms with Gasteiger partial charge in [0, 0.05) is 12.1 Å². The normalized spacial score (nSPS) is 19.1. The van der Waals surface area contributed by atoms with E-state index in [0.717, 1.165) is 35.2 Å². The molecule has 1 aliphatic rings. The number of esters is 1. The van der Waals surface area contributed by atoms with Gasteiger partial charge in [-0.2, -0.15) is 0 Å². The lowest BCUT2D eigenvalue weighted by Crippen LogP contribution is -2.49. The van der Waals surface area contributed by atoms with Gasteiger partial charge in [-0.15, -0.1) is 0 Å². The first-order valence-corrected chi connectivity index (χ1v) is 8.72. The summed E-state index contributed by atoms with van der Waals surface area (Å²) < 4.78 is 5.53. The number of carbonyl (C=O) groups is 2. The molecule has 0 unspecified atom stereocenters. The Kier molecular flexibility index (Phi) is 4.62. The fourth-order valence-corrected chi connectivity index (χ4v) is 3.31. The molecule has 1 aliphatic heterocycles. The Morgan fingerprint density at radius 1 is 1.08 bits per heavy atom. The van der Waals surface area contributed by atoms with Gasteiger partial charge in [0.05, 0.1) is 5.56 Å². The van der Waals surface area contributed by atoms with Crippen LogP contribution >= 0.6 is 0 Å². The first kappa shape index (κ1) is 17.2. The third-order valence-electron chi connectivity index (χ3n) is 4.80. The molecule has 130 valence electrons. The van der Waals surface area contributed by atoms with Crippen molar-refractivity contribution in [3.63, 3.8) is 0 Å². The molecule has 4 nitrogen and oxygen atoms in total. The molecule has 0 aliphatic carbocycles. The zero-order chi connectivity index (χ0) is 18.0. The van der Waals surface area contributed by atoms with E-state index in [2.05, 4.69) is 19.2 Å². The van der Waals surface area contributed by atoms with Crippen LogP contribution in [0.3, 0.4) is 0 Å². The molecule has 25 heavy (non-hydrogen) atoms. The molecule has 0 bridgehead atoms. The molecule has 0 spiro atoms. The predicted molar refractivity (Wildman–Crippen MR) is 97.8 cm³/mol. The topological polar surface area (TPSA) is 55.4 Å². The largest absolute Gasteiger partial charge is 0.445 e. The van der Waals surface area contributed by atoms with E-state index in [4.69, 9.17) is 4.74 Å². The van der Waals surface area contributed by atoms with Crippen molar-refractivity contribution in [3.8, 4) is 0 Å². The monoisotopic (exact) mass is 337 g/mol. The van der Waals surface area contributed by atoms with Crippen molar-refractivity contribution in [3.05, 3.63) is 64.7 Å². The van der Waals surface area contributed by atoms with Crippen molar-refractivity contribution in [1.29, 1.82) is 0 Å². The highest BCUT2D eigenvalue weighted by atomic mass is 16.6. The molecule has 1 heterocycles. The fraction of sp³-hybridized carbons (Fsp3) is 0.333. The van der Waals surface area contributed by atoms with Gasteiger partial charge in [0.2, 0.25) is 0 Å². The van der Waals surface area contributed by atoms with Gasteiger partial charge in [-0.05, 0) is 42.5 Å². The number of benzene rings is 2. The number of anilines is 1. The van der Waals surface area contributed by atoms with E-state index in [1.54, 1.807) is 19.1 Å². The number of nitrogens with one attached hydrogen (secondary N) is 1. The maximum Gasteiger partial charge on any atom is 0.339 e. The van der Waals surface area contributed by atoms with Gasteiger partial charge in [-0.25, -0.2) is 4.79 Å². The minimum absolute atomic E-state index is 0.286. The molecule has 4 heteroatoms. The van der Waals surface area contributed by atoms with Crippen molar-refractivity contribution in [2.24, 2.45) is 0 Å². The first-order chi connectivity index (χ1) is 12.0. The van der Waals surface area contributed by atoms with E-state index in [-0.39, 0.29) is 5.91 Å². The Bertz CT molecular complexity index is 805. The Morgan fingerprint density at radius 3 is 2.36 bits per heavy atom. The van der Waals surface area contributed by atoms with Crippen LogP contribution in [0.15, 0.2) is 42.5 Å². The molecule has 1 N–H and O–H groups in total. The minimum Gasteiger partial charge on any atom is -0.445 e. The average Bonchev–Trinajstić information content (AvgIpc) is 2.61. The molecule has 0 radical (unpaired) electrons. The number of ether oxygens (including phenoxy) is 1. The van der Waals surface area contributed by atoms with Crippen LogP contribution < -0.4 is 5.32 Å². The Labute approximate surface area is 148 Å². The molecule has 2 aromatic rings. The van der Waals surface area contributed by atoms with Gasteiger partial charge >= 0.3 is 5.97 Å². The number of carbonyl (C=O) groups excluding carboxylic acids is 2. The number of aryl methyl sites for hydroxylation is 2. The second kappa shape index (κ2) is 6.71. The molecule has 1 atom stereocenters. The lowest BCUT2D eigenvalue weighted by atomic mass is 9.89. The van der Waals surface area contributed by atoms with Crippen LogP contribution in [0.25, 0.3) is 0 Å². The van der Waals surface area contributed by atoms with Crippen LogP contribution in [0.1, 0.15) is 47.8 Å². The maximum absolute atomic E-state index is 13.0. The minimum atomic E-state index is -1.21. The third-order valence-corrected chi connectivity index (χ3v) is 4.80. The van der Waals surface area contributed by atoms with Crippen LogP contribution in [-0.2, 0) is 28.8 Å². The van der Waals surface area contributed by atoms with Crippen LogP contribution in [0.4, 0.5) is 5.69 Å². The molecule has 0 aromatic heterocycles. The predicted octanol–water partition coefficient (Wildman–Crippen LogP) is 3.92. The van der Waals surface area contributed by atoms with Gasteiger partial charge in [0.1, 0.15) is 0 Å². The summed E-state index contributed by atoms with van der Waals surface area (Å²) in [6.07, 6.45) is 2.02. The van der Waals surface area contributed by atoms with Crippen molar-refractivity contribution in [1.82, 2.24) is 0 Å². The maximum atomic E-state index is 13.0. The zero-order valence-electron chi connectivity index (χ0n) is 14.9. The van der Waals surface area contributed by atoms with E-state index < -0.39 is 11.6 Å². The summed E-state index contributed by atoms with van der Waals surface area (Å²) in [4.78, 5) is 25.3. The van der Waals surface area contributed by atoms with Crippen LogP contribution in [-0.4, -0.2) is 17.5 Å². The smallest absolute Gasteiger partial charge is 0.339 e. The summed E-state index contributed by atoms with van der Waals surface area (Å²) in [5.74, 6) is -0.732. The number of fused-ring (bicyclic) bond motifs is 1. The second-order valence-electron chi connectivity index (χ2n) is 6.57. The SMILES string of the molecule is CCc1cccc(CC)c1NC(=O)[C@@]1(C)Cc2ccccc2C(=O)O1. The van der Waals surface area contributed by atoms with E-state index in [9.17, 15) is 9.59 Å². The summed E-state index contributed by atoms with van der Waals surface area (Å²) in [5, 5.41) is 3.03. The lowest BCUT2D eigenvalue weighted by Gasteiger charge is -2.33. The zero-order valence-corrected chi connectivity index (χ0v) is 14.9. The third kappa shape index (κ3) is 3.16. The molecule has 0 saturated heterocycles. The summed E-state index contributed by atoms with van der Waals surface area (Å²) >= 11 is 0. The van der Waals surface area contributed by atoms with Crippen LogP contribution in [0.5, 0.6) is 0 Å². The summed E-state index contributed by atoms with van der Waals surface area (Å²) in [5.41, 5.74) is 3.18. The summed E-state index contributed by atoms with van der Waals surface area (Å²) in [6.45, 7) is 5.79. The summed E-state index contributed by atoms with van der Waals surface area (Å²) in [7, 11) is 0. The molecule has 3 rings (SSSR count). The van der Waals surface area contributed by atoms with Gasteiger partial charge < -0.3 is 10.1 Å².